The quantitative estimate of drug-likeness (QED) is 0.858. The van der Waals surface area contributed by atoms with E-state index in [2.05, 4.69) is 18.8 Å². The zero-order chi connectivity index (χ0) is 14.9. The van der Waals surface area contributed by atoms with Gasteiger partial charge in [-0.05, 0) is 12.3 Å². The second-order valence-corrected chi connectivity index (χ2v) is 5.22. The summed E-state index contributed by atoms with van der Waals surface area (Å²) in [6.45, 7) is 4.14. The van der Waals surface area contributed by atoms with Crippen molar-refractivity contribution in [3.63, 3.8) is 0 Å². The highest BCUT2D eigenvalue weighted by molar-refractivity contribution is 5.79. The number of nitrogens with zero attached hydrogens (tertiary/aromatic N) is 2. The molecule has 0 bridgehead atoms. The maximum atomic E-state index is 12.3. The Hall–Kier alpha value is -2.04. The van der Waals surface area contributed by atoms with Crippen LogP contribution in [0.4, 0.5) is 0 Å². The van der Waals surface area contributed by atoms with E-state index >= 15 is 0 Å². The van der Waals surface area contributed by atoms with Gasteiger partial charge in [0.2, 0.25) is 0 Å². The topological polar surface area (TPSA) is 53.3 Å². The van der Waals surface area contributed by atoms with Gasteiger partial charge in [0.15, 0.2) is 11.5 Å². The molecule has 108 valence electrons. The van der Waals surface area contributed by atoms with Gasteiger partial charge in [-0.3, -0.25) is 4.79 Å². The highest BCUT2D eigenvalue weighted by Gasteiger charge is 2.13. The maximum Gasteiger partial charge on any atom is 0.272 e. The molecule has 0 aliphatic rings. The van der Waals surface area contributed by atoms with Crippen LogP contribution < -0.4 is 15.0 Å². The molecule has 0 radical (unpaired) electrons. The number of methoxy groups -OCH3 is 2. The Labute approximate surface area is 118 Å². The van der Waals surface area contributed by atoms with E-state index in [0.717, 1.165) is 11.0 Å². The van der Waals surface area contributed by atoms with Crippen LogP contribution in [0.25, 0.3) is 11.0 Å². The van der Waals surface area contributed by atoms with E-state index in [-0.39, 0.29) is 5.56 Å². The molecule has 5 nitrogen and oxygen atoms in total. The standard InChI is InChI=1S/C15H20N2O3/c1-9(2)6-11-15(18)17(3)12-8-14(20-5)13(19-4)7-10(12)16-11/h7-9H,6H2,1-5H3. The van der Waals surface area contributed by atoms with E-state index in [1.807, 2.05) is 0 Å². The number of benzene rings is 1. The summed E-state index contributed by atoms with van der Waals surface area (Å²) in [6.07, 6.45) is 0.664. The van der Waals surface area contributed by atoms with Gasteiger partial charge in [0.25, 0.3) is 5.56 Å². The number of fused-ring (bicyclic) bond motifs is 1. The van der Waals surface area contributed by atoms with Crippen LogP contribution >= 0.6 is 0 Å². The summed E-state index contributed by atoms with van der Waals surface area (Å²) >= 11 is 0. The smallest absolute Gasteiger partial charge is 0.272 e. The van der Waals surface area contributed by atoms with Crippen molar-refractivity contribution >= 4 is 11.0 Å². The van der Waals surface area contributed by atoms with Crippen LogP contribution in [-0.2, 0) is 13.5 Å². The average Bonchev–Trinajstić information content (AvgIpc) is 2.42. The first-order valence-corrected chi connectivity index (χ1v) is 6.59. The van der Waals surface area contributed by atoms with Crippen LogP contribution in [0.1, 0.15) is 19.5 Å². The lowest BCUT2D eigenvalue weighted by Crippen LogP contribution is -2.24. The third kappa shape index (κ3) is 2.48. The maximum absolute atomic E-state index is 12.3. The Kier molecular flexibility index (Phi) is 3.97. The van der Waals surface area contributed by atoms with Gasteiger partial charge in [-0.2, -0.15) is 0 Å². The zero-order valence-electron chi connectivity index (χ0n) is 12.6. The van der Waals surface area contributed by atoms with Crippen molar-refractivity contribution < 1.29 is 9.47 Å². The highest BCUT2D eigenvalue weighted by atomic mass is 16.5. The lowest BCUT2D eigenvalue weighted by molar-refractivity contribution is 0.355. The Morgan fingerprint density at radius 3 is 2.35 bits per heavy atom. The minimum Gasteiger partial charge on any atom is -0.493 e. The summed E-state index contributed by atoms with van der Waals surface area (Å²) < 4.78 is 12.2. The molecule has 2 aromatic rings. The van der Waals surface area contributed by atoms with E-state index in [0.29, 0.717) is 29.5 Å². The van der Waals surface area contributed by atoms with Gasteiger partial charge in [-0.15, -0.1) is 0 Å². The van der Waals surface area contributed by atoms with Crippen molar-refractivity contribution in [2.45, 2.75) is 20.3 Å². The Bertz CT molecular complexity index is 690. The average molecular weight is 276 g/mol. The molecule has 0 N–H and O–H groups in total. The molecule has 1 aromatic carbocycles. The van der Waals surface area contributed by atoms with Gasteiger partial charge in [-0.25, -0.2) is 4.98 Å². The number of hydrogen-bond acceptors (Lipinski definition) is 4. The first-order valence-electron chi connectivity index (χ1n) is 6.59. The molecule has 0 aliphatic carbocycles. The fraction of sp³-hybridized carbons (Fsp3) is 0.467. The van der Waals surface area contributed by atoms with E-state index in [4.69, 9.17) is 9.47 Å². The van der Waals surface area contributed by atoms with Gasteiger partial charge in [0, 0.05) is 19.2 Å². The molecule has 0 amide bonds. The SMILES string of the molecule is COc1cc2nc(CC(C)C)c(=O)n(C)c2cc1OC. The molecule has 0 atom stereocenters. The molecule has 20 heavy (non-hydrogen) atoms. The number of rotatable bonds is 4. The first-order chi connectivity index (χ1) is 9.47. The van der Waals surface area contributed by atoms with Gasteiger partial charge < -0.3 is 14.0 Å². The van der Waals surface area contributed by atoms with Crippen LogP contribution in [-0.4, -0.2) is 23.8 Å². The summed E-state index contributed by atoms with van der Waals surface area (Å²) in [5.41, 5.74) is 2.00. The second-order valence-electron chi connectivity index (χ2n) is 5.22. The summed E-state index contributed by atoms with van der Waals surface area (Å²) in [6, 6.07) is 3.58. The largest absolute Gasteiger partial charge is 0.493 e. The summed E-state index contributed by atoms with van der Waals surface area (Å²) in [4.78, 5) is 16.8. The summed E-state index contributed by atoms with van der Waals surface area (Å²) in [5.74, 6) is 1.59. The zero-order valence-corrected chi connectivity index (χ0v) is 12.6. The Morgan fingerprint density at radius 2 is 1.80 bits per heavy atom. The van der Waals surface area contributed by atoms with Crippen molar-refractivity contribution in [2.24, 2.45) is 13.0 Å². The fourth-order valence-corrected chi connectivity index (χ4v) is 2.23. The molecule has 1 heterocycles. The van der Waals surface area contributed by atoms with Crippen molar-refractivity contribution in [3.05, 3.63) is 28.2 Å². The molecule has 0 saturated carbocycles. The number of hydrogen-bond donors (Lipinski definition) is 0. The van der Waals surface area contributed by atoms with Crippen LogP contribution in [0.15, 0.2) is 16.9 Å². The van der Waals surface area contributed by atoms with Crippen molar-refractivity contribution in [2.75, 3.05) is 14.2 Å². The molecule has 0 aliphatic heterocycles. The molecular formula is C15H20N2O3. The highest BCUT2D eigenvalue weighted by Crippen LogP contribution is 2.30. The van der Waals surface area contributed by atoms with E-state index in [9.17, 15) is 4.79 Å². The van der Waals surface area contributed by atoms with Crippen LogP contribution in [0.2, 0.25) is 0 Å². The van der Waals surface area contributed by atoms with E-state index in [1.54, 1.807) is 38.0 Å². The third-order valence-corrected chi connectivity index (χ3v) is 3.25. The van der Waals surface area contributed by atoms with Gasteiger partial charge >= 0.3 is 0 Å². The van der Waals surface area contributed by atoms with Crippen molar-refractivity contribution in [1.82, 2.24) is 9.55 Å². The van der Waals surface area contributed by atoms with Gasteiger partial charge in [-0.1, -0.05) is 13.8 Å². The molecule has 1 aromatic heterocycles. The van der Waals surface area contributed by atoms with Crippen molar-refractivity contribution in [1.29, 1.82) is 0 Å². The first kappa shape index (κ1) is 14.4. The molecule has 0 spiro atoms. The number of aromatic nitrogens is 2. The second kappa shape index (κ2) is 5.53. The third-order valence-electron chi connectivity index (χ3n) is 3.25. The van der Waals surface area contributed by atoms with Gasteiger partial charge in [0.05, 0.1) is 25.3 Å². The van der Waals surface area contributed by atoms with Crippen molar-refractivity contribution in [3.8, 4) is 11.5 Å². The van der Waals surface area contributed by atoms with E-state index < -0.39 is 0 Å². The fourth-order valence-electron chi connectivity index (χ4n) is 2.23. The normalized spacial score (nSPS) is 11.1. The van der Waals surface area contributed by atoms with Crippen LogP contribution in [0.3, 0.4) is 0 Å². The molecule has 0 fully saturated rings. The minimum absolute atomic E-state index is 0.0570. The summed E-state index contributed by atoms with van der Waals surface area (Å²) in [7, 11) is 4.91. The Balaban J connectivity index is 2.73. The Morgan fingerprint density at radius 1 is 1.20 bits per heavy atom. The predicted molar refractivity (Wildman–Crippen MR) is 78.6 cm³/mol. The van der Waals surface area contributed by atoms with E-state index in [1.165, 1.54) is 0 Å². The van der Waals surface area contributed by atoms with Gasteiger partial charge in [0.1, 0.15) is 5.69 Å². The monoisotopic (exact) mass is 276 g/mol. The molecule has 0 unspecified atom stereocenters. The molecule has 0 saturated heterocycles. The summed E-state index contributed by atoms with van der Waals surface area (Å²) in [5, 5.41) is 0. The van der Waals surface area contributed by atoms with Crippen LogP contribution in [0.5, 0.6) is 11.5 Å². The minimum atomic E-state index is -0.0570. The number of aryl methyl sites for hydroxylation is 1. The molecule has 2 rings (SSSR count). The molecule has 5 heteroatoms. The lowest BCUT2D eigenvalue weighted by atomic mass is 10.1. The lowest BCUT2D eigenvalue weighted by Gasteiger charge is -2.13. The number of ether oxygens (including phenoxy) is 2. The molecular weight excluding hydrogens is 256 g/mol. The van der Waals surface area contributed by atoms with Crippen LogP contribution in [0, 0.1) is 5.92 Å². The predicted octanol–water partition coefficient (Wildman–Crippen LogP) is 2.15.